The maximum Gasteiger partial charge on any atom is 0.119 e. The minimum atomic E-state index is 0.634. The maximum atomic E-state index is 5.59. The molecule has 0 N–H and O–H groups in total. The van der Waals surface area contributed by atoms with Gasteiger partial charge in [0.05, 0.1) is 6.61 Å². The minimum absolute atomic E-state index is 0.634. The van der Waals surface area contributed by atoms with Gasteiger partial charge in [-0.05, 0) is 61.6 Å². The van der Waals surface area contributed by atoms with Crippen molar-refractivity contribution in [3.8, 4) is 5.75 Å². The van der Waals surface area contributed by atoms with Gasteiger partial charge in [-0.1, -0.05) is 63.7 Å². The first-order chi connectivity index (χ1) is 11.8. The molecule has 0 heterocycles. The van der Waals surface area contributed by atoms with E-state index in [1.165, 1.54) is 56.9 Å². The summed E-state index contributed by atoms with van der Waals surface area (Å²) >= 11 is 0. The zero-order chi connectivity index (χ0) is 17.2. The number of hydrogen-bond donors (Lipinski definition) is 0. The van der Waals surface area contributed by atoms with Crippen molar-refractivity contribution < 1.29 is 4.74 Å². The van der Waals surface area contributed by atoms with Gasteiger partial charge < -0.3 is 4.74 Å². The first-order valence-corrected chi connectivity index (χ1v) is 10.1. The van der Waals surface area contributed by atoms with Crippen molar-refractivity contribution in [3.05, 3.63) is 42.5 Å². The zero-order valence-corrected chi connectivity index (χ0v) is 15.8. The van der Waals surface area contributed by atoms with E-state index in [9.17, 15) is 0 Å². The number of hydrogen-bond acceptors (Lipinski definition) is 1. The molecule has 2 rings (SSSR count). The molecule has 1 aromatic carbocycles. The van der Waals surface area contributed by atoms with E-state index < -0.39 is 0 Å². The monoisotopic (exact) mass is 328 g/mol. The van der Waals surface area contributed by atoms with E-state index in [2.05, 4.69) is 43.8 Å². The average Bonchev–Trinajstić information content (AvgIpc) is 2.62. The predicted octanol–water partition coefficient (Wildman–Crippen LogP) is 7.13. The highest BCUT2D eigenvalue weighted by atomic mass is 16.5. The predicted molar refractivity (Wildman–Crippen MR) is 105 cm³/mol. The molecule has 1 saturated carbocycles. The molecule has 0 aromatic heterocycles. The van der Waals surface area contributed by atoms with Gasteiger partial charge in [0.1, 0.15) is 5.75 Å². The summed E-state index contributed by atoms with van der Waals surface area (Å²) in [5.74, 6) is 3.42. The second-order valence-electron chi connectivity index (χ2n) is 7.41. The Morgan fingerprint density at radius 2 is 1.79 bits per heavy atom. The first kappa shape index (κ1) is 19.1. The van der Waals surface area contributed by atoms with Crippen molar-refractivity contribution in [3.63, 3.8) is 0 Å². The van der Waals surface area contributed by atoms with Crippen molar-refractivity contribution in [2.45, 2.75) is 77.6 Å². The van der Waals surface area contributed by atoms with Crippen molar-refractivity contribution in [2.75, 3.05) is 6.61 Å². The normalized spacial score (nSPS) is 22.1. The van der Waals surface area contributed by atoms with Crippen LogP contribution in [0.1, 0.15) is 83.1 Å². The van der Waals surface area contributed by atoms with E-state index >= 15 is 0 Å². The smallest absolute Gasteiger partial charge is 0.119 e. The van der Waals surface area contributed by atoms with Crippen molar-refractivity contribution in [1.82, 2.24) is 0 Å². The highest BCUT2D eigenvalue weighted by Gasteiger charge is 2.27. The summed E-state index contributed by atoms with van der Waals surface area (Å²) in [6.45, 7) is 9.08. The summed E-state index contributed by atoms with van der Waals surface area (Å²) in [5, 5.41) is 0. The van der Waals surface area contributed by atoms with Gasteiger partial charge in [0.15, 0.2) is 0 Å². The van der Waals surface area contributed by atoms with E-state index in [-0.39, 0.29) is 0 Å². The lowest BCUT2D eigenvalue weighted by molar-refractivity contribution is 0.230. The van der Waals surface area contributed by atoms with E-state index in [4.69, 9.17) is 4.74 Å². The van der Waals surface area contributed by atoms with Crippen LogP contribution in [0.4, 0.5) is 0 Å². The van der Waals surface area contributed by atoms with Gasteiger partial charge in [0.25, 0.3) is 0 Å². The molecule has 24 heavy (non-hydrogen) atoms. The summed E-state index contributed by atoms with van der Waals surface area (Å²) in [7, 11) is 0. The molecule has 134 valence electrons. The topological polar surface area (TPSA) is 9.23 Å². The lowest BCUT2D eigenvalue weighted by Crippen LogP contribution is -2.20. The summed E-state index contributed by atoms with van der Waals surface area (Å²) in [6, 6.07) is 8.80. The fraction of sp³-hybridized carbons (Fsp3) is 0.652. The van der Waals surface area contributed by atoms with Crippen LogP contribution in [-0.4, -0.2) is 6.61 Å². The number of rotatable bonds is 10. The molecule has 0 bridgehead atoms. The lowest BCUT2D eigenvalue weighted by atomic mass is 9.71. The summed E-state index contributed by atoms with van der Waals surface area (Å²) in [4.78, 5) is 0. The van der Waals surface area contributed by atoms with Crippen LogP contribution in [0.2, 0.25) is 0 Å². The Hall–Kier alpha value is -1.24. The summed E-state index contributed by atoms with van der Waals surface area (Å²) in [5.41, 5.74) is 1.47. The van der Waals surface area contributed by atoms with Crippen LogP contribution < -0.4 is 4.74 Å². The number of allylic oxidation sites excluding steroid dienone is 1. The molecule has 0 radical (unpaired) electrons. The maximum absolute atomic E-state index is 5.59. The number of benzene rings is 1. The Labute approximate surface area is 149 Å². The second kappa shape index (κ2) is 10.6. The molecule has 1 aromatic rings. The van der Waals surface area contributed by atoms with Gasteiger partial charge in [0, 0.05) is 0 Å². The van der Waals surface area contributed by atoms with Crippen molar-refractivity contribution >= 4 is 0 Å². The quantitative estimate of drug-likeness (QED) is 0.328. The van der Waals surface area contributed by atoms with Gasteiger partial charge in [0.2, 0.25) is 0 Å². The van der Waals surface area contributed by atoms with E-state index in [0.717, 1.165) is 30.6 Å². The van der Waals surface area contributed by atoms with Crippen LogP contribution >= 0.6 is 0 Å². The highest BCUT2D eigenvalue weighted by Crippen LogP contribution is 2.41. The molecule has 0 saturated heterocycles. The molecule has 0 aliphatic heterocycles. The van der Waals surface area contributed by atoms with Gasteiger partial charge in [-0.2, -0.15) is 0 Å². The van der Waals surface area contributed by atoms with E-state index in [1.54, 1.807) is 0 Å². The van der Waals surface area contributed by atoms with E-state index in [1.807, 2.05) is 6.92 Å². The standard InChI is InChI=1S/C23H36O/c1-4-7-8-10-19-11-13-20(14-12-19)23(9-5-2)21-15-17-22(18-16-21)24-6-3/h5,15-20,23H,2,4,6-14H2,1,3H3/t19-,20-,23?. The van der Waals surface area contributed by atoms with Gasteiger partial charge in [-0.15, -0.1) is 6.58 Å². The third-order valence-electron chi connectivity index (χ3n) is 5.72. The Bertz CT molecular complexity index is 453. The molecule has 1 nitrogen and oxygen atoms in total. The van der Waals surface area contributed by atoms with Crippen molar-refractivity contribution in [1.29, 1.82) is 0 Å². The third-order valence-corrected chi connectivity index (χ3v) is 5.72. The molecule has 0 amide bonds. The average molecular weight is 329 g/mol. The summed E-state index contributed by atoms with van der Waals surface area (Å²) < 4.78 is 5.59. The zero-order valence-electron chi connectivity index (χ0n) is 15.8. The van der Waals surface area contributed by atoms with Gasteiger partial charge >= 0.3 is 0 Å². The fourth-order valence-electron chi connectivity index (χ4n) is 4.32. The molecule has 1 aliphatic rings. The number of unbranched alkanes of at least 4 members (excludes halogenated alkanes) is 2. The molecule has 1 aliphatic carbocycles. The van der Waals surface area contributed by atoms with Gasteiger partial charge in [-0.3, -0.25) is 0 Å². The third kappa shape index (κ3) is 5.69. The lowest BCUT2D eigenvalue weighted by Gasteiger charge is -2.34. The first-order valence-electron chi connectivity index (χ1n) is 10.1. The molecular weight excluding hydrogens is 292 g/mol. The SMILES string of the molecule is C=CCC(c1ccc(OCC)cc1)[C@H]1CC[C@H](CCCCC)CC1. The Kier molecular flexibility index (Phi) is 8.42. The van der Waals surface area contributed by atoms with Crippen molar-refractivity contribution in [2.24, 2.45) is 11.8 Å². The van der Waals surface area contributed by atoms with Crippen LogP contribution in [0, 0.1) is 11.8 Å². The highest BCUT2D eigenvalue weighted by molar-refractivity contribution is 5.30. The Balaban J connectivity index is 1.92. The van der Waals surface area contributed by atoms with Crippen LogP contribution in [-0.2, 0) is 0 Å². The van der Waals surface area contributed by atoms with Gasteiger partial charge in [-0.25, -0.2) is 0 Å². The minimum Gasteiger partial charge on any atom is -0.494 e. The second-order valence-corrected chi connectivity index (χ2v) is 7.41. The molecule has 1 heteroatoms. The summed E-state index contributed by atoms with van der Waals surface area (Å²) in [6.07, 6.45) is 14.5. The largest absolute Gasteiger partial charge is 0.494 e. The molecule has 1 fully saturated rings. The van der Waals surface area contributed by atoms with Crippen LogP contribution in [0.3, 0.4) is 0 Å². The van der Waals surface area contributed by atoms with Crippen LogP contribution in [0.25, 0.3) is 0 Å². The molecular formula is C23H36O. The van der Waals surface area contributed by atoms with E-state index in [0.29, 0.717) is 5.92 Å². The molecule has 1 atom stereocenters. The van der Waals surface area contributed by atoms with Crippen LogP contribution in [0.15, 0.2) is 36.9 Å². The Morgan fingerprint density at radius 1 is 1.08 bits per heavy atom. The fourth-order valence-corrected chi connectivity index (χ4v) is 4.32. The number of ether oxygens (including phenoxy) is 1. The van der Waals surface area contributed by atoms with Crippen LogP contribution in [0.5, 0.6) is 5.75 Å². The molecule has 0 spiro atoms. The Morgan fingerprint density at radius 3 is 2.38 bits per heavy atom. The molecule has 1 unspecified atom stereocenters.